The lowest BCUT2D eigenvalue weighted by atomic mass is 10.1. The molecule has 1 heterocycles. The normalized spacial score (nSPS) is 12.4. The molecule has 10 heteroatoms. The van der Waals surface area contributed by atoms with E-state index in [0.717, 1.165) is 43.8 Å². The standard InChI is InChI=1S/C12H16N6S.C8H7F3/c13-4-5-16-12-18-17-11(19-12)9-3-1-2-8(6-14)10(9)7-15;1-6-2-4-7(5-3-6)8(9,10)11/h1-3,6-7H,4-5,13-15H2,(H,16,18);2-5H,1H3/b8-6-,10-7+;. The van der Waals surface area contributed by atoms with E-state index in [9.17, 15) is 13.2 Å². The van der Waals surface area contributed by atoms with Gasteiger partial charge in [0.05, 0.1) is 5.56 Å². The Balaban J connectivity index is 0.000000248. The number of nitrogens with two attached hydrogens (primary N) is 3. The molecule has 0 radical (unpaired) electrons. The van der Waals surface area contributed by atoms with Crippen molar-refractivity contribution in [2.45, 2.75) is 13.1 Å². The average molecular weight is 437 g/mol. The lowest BCUT2D eigenvalue weighted by molar-refractivity contribution is -0.137. The van der Waals surface area contributed by atoms with Gasteiger partial charge in [-0.2, -0.15) is 13.2 Å². The van der Waals surface area contributed by atoms with Crippen molar-refractivity contribution < 1.29 is 13.2 Å². The topological polar surface area (TPSA) is 116 Å². The molecule has 6 nitrogen and oxygen atoms in total. The Hall–Kier alpha value is -3.11. The summed E-state index contributed by atoms with van der Waals surface area (Å²) < 4.78 is 35.8. The summed E-state index contributed by atoms with van der Waals surface area (Å²) in [5, 5.41) is 14.6. The zero-order valence-corrected chi connectivity index (χ0v) is 17.1. The van der Waals surface area contributed by atoms with E-state index in [-0.39, 0.29) is 0 Å². The minimum Gasteiger partial charge on any atom is -0.404 e. The number of nitrogens with zero attached hydrogens (tertiary/aromatic N) is 2. The maximum atomic E-state index is 11.9. The maximum absolute atomic E-state index is 11.9. The van der Waals surface area contributed by atoms with Crippen LogP contribution < -0.4 is 33.0 Å². The molecule has 0 amide bonds. The van der Waals surface area contributed by atoms with Crippen LogP contribution in [0.15, 0.2) is 42.5 Å². The molecule has 0 aliphatic rings. The van der Waals surface area contributed by atoms with Gasteiger partial charge in [0.15, 0.2) is 0 Å². The molecule has 0 spiro atoms. The number of aromatic nitrogens is 2. The molecule has 2 aromatic carbocycles. The average Bonchev–Trinajstić information content (AvgIpc) is 3.20. The first-order valence-corrected chi connectivity index (χ1v) is 9.76. The fourth-order valence-electron chi connectivity index (χ4n) is 2.43. The molecule has 0 bridgehead atoms. The summed E-state index contributed by atoms with van der Waals surface area (Å²) >= 11 is 1.46. The molecule has 0 unspecified atom stereocenters. The van der Waals surface area contributed by atoms with Crippen LogP contribution in [-0.2, 0) is 6.18 Å². The van der Waals surface area contributed by atoms with Gasteiger partial charge in [-0.05, 0) is 24.3 Å². The third kappa shape index (κ3) is 6.19. The Labute approximate surface area is 175 Å². The third-order valence-electron chi connectivity index (χ3n) is 3.94. The van der Waals surface area contributed by atoms with Crippen LogP contribution in [-0.4, -0.2) is 23.3 Å². The van der Waals surface area contributed by atoms with E-state index in [1.807, 2.05) is 18.2 Å². The van der Waals surface area contributed by atoms with Crippen LogP contribution in [0, 0.1) is 6.92 Å². The van der Waals surface area contributed by atoms with E-state index in [0.29, 0.717) is 13.1 Å². The van der Waals surface area contributed by atoms with Gasteiger partial charge in [-0.3, -0.25) is 0 Å². The highest BCUT2D eigenvalue weighted by Gasteiger charge is 2.29. The third-order valence-corrected chi connectivity index (χ3v) is 4.86. The number of alkyl halides is 3. The first-order valence-electron chi connectivity index (χ1n) is 8.94. The van der Waals surface area contributed by atoms with Gasteiger partial charge in [-0.25, -0.2) is 0 Å². The van der Waals surface area contributed by atoms with Gasteiger partial charge >= 0.3 is 6.18 Å². The monoisotopic (exact) mass is 436 g/mol. The molecular formula is C20H23F3N6S. The summed E-state index contributed by atoms with van der Waals surface area (Å²) in [5.74, 6) is 0. The number of hydrogen-bond donors (Lipinski definition) is 4. The van der Waals surface area contributed by atoms with Crippen molar-refractivity contribution in [3.8, 4) is 10.6 Å². The molecular weight excluding hydrogens is 413 g/mol. The summed E-state index contributed by atoms with van der Waals surface area (Å²) in [6.07, 6.45) is -1.16. The summed E-state index contributed by atoms with van der Waals surface area (Å²) in [4.78, 5) is 0. The highest BCUT2D eigenvalue weighted by Crippen LogP contribution is 2.28. The fraction of sp³-hybridized carbons (Fsp3) is 0.200. The Morgan fingerprint density at radius 3 is 2.30 bits per heavy atom. The van der Waals surface area contributed by atoms with Gasteiger partial charge in [0.25, 0.3) is 0 Å². The molecule has 0 saturated carbocycles. The Morgan fingerprint density at radius 2 is 1.73 bits per heavy atom. The van der Waals surface area contributed by atoms with Crippen molar-refractivity contribution in [1.82, 2.24) is 10.2 Å². The molecule has 0 fully saturated rings. The number of benzene rings is 2. The number of hydrogen-bond acceptors (Lipinski definition) is 7. The summed E-state index contributed by atoms with van der Waals surface area (Å²) in [6.45, 7) is 2.97. The van der Waals surface area contributed by atoms with Crippen molar-refractivity contribution >= 4 is 28.9 Å². The minimum atomic E-state index is -4.21. The van der Waals surface area contributed by atoms with Gasteiger partial charge in [0.1, 0.15) is 5.01 Å². The number of aryl methyl sites for hydroxylation is 1. The van der Waals surface area contributed by atoms with Crippen molar-refractivity contribution in [1.29, 1.82) is 0 Å². The molecule has 0 aliphatic carbocycles. The van der Waals surface area contributed by atoms with E-state index in [2.05, 4.69) is 15.5 Å². The molecule has 0 atom stereocenters. The second kappa shape index (κ2) is 10.6. The second-order valence-electron chi connectivity index (χ2n) is 6.13. The van der Waals surface area contributed by atoms with Crippen LogP contribution in [0.2, 0.25) is 0 Å². The van der Waals surface area contributed by atoms with Crippen LogP contribution in [0.25, 0.3) is 23.0 Å². The van der Waals surface area contributed by atoms with Crippen LogP contribution >= 0.6 is 11.3 Å². The number of halogens is 3. The predicted molar refractivity (Wildman–Crippen MR) is 116 cm³/mol. The maximum Gasteiger partial charge on any atom is 0.416 e. The zero-order chi connectivity index (χ0) is 22.1. The lowest BCUT2D eigenvalue weighted by Gasteiger charge is -2.05. The fourth-order valence-corrected chi connectivity index (χ4v) is 3.23. The first-order chi connectivity index (χ1) is 14.3. The van der Waals surface area contributed by atoms with E-state index >= 15 is 0 Å². The van der Waals surface area contributed by atoms with Crippen molar-refractivity contribution in [2.75, 3.05) is 18.4 Å². The van der Waals surface area contributed by atoms with Crippen LogP contribution in [0.4, 0.5) is 18.3 Å². The Bertz CT molecular complexity index is 1060. The SMILES string of the molecule is Cc1ccc(C(F)(F)F)cc1.N/C=c1/cccc(-c2nnc(NCCN)s2)/c1=C/N. The molecule has 160 valence electrons. The number of anilines is 1. The van der Waals surface area contributed by atoms with Crippen LogP contribution in [0.1, 0.15) is 11.1 Å². The predicted octanol–water partition coefficient (Wildman–Crippen LogP) is 1.98. The number of nitrogens with one attached hydrogen (secondary N) is 1. The van der Waals surface area contributed by atoms with E-state index in [1.165, 1.54) is 35.9 Å². The lowest BCUT2D eigenvalue weighted by Crippen LogP contribution is -2.29. The minimum absolute atomic E-state index is 0.550. The number of rotatable bonds is 4. The second-order valence-corrected chi connectivity index (χ2v) is 7.11. The Kier molecular flexibility index (Phi) is 8.19. The molecule has 3 aromatic rings. The Morgan fingerprint density at radius 1 is 1.03 bits per heavy atom. The largest absolute Gasteiger partial charge is 0.416 e. The molecule has 30 heavy (non-hydrogen) atoms. The smallest absolute Gasteiger partial charge is 0.404 e. The highest BCUT2D eigenvalue weighted by atomic mass is 32.1. The van der Waals surface area contributed by atoms with Gasteiger partial charge < -0.3 is 22.5 Å². The van der Waals surface area contributed by atoms with Crippen molar-refractivity contribution in [2.24, 2.45) is 17.2 Å². The summed E-state index contributed by atoms with van der Waals surface area (Å²) in [7, 11) is 0. The molecule has 1 aromatic heterocycles. The van der Waals surface area contributed by atoms with Crippen LogP contribution in [0.3, 0.4) is 0 Å². The zero-order valence-electron chi connectivity index (χ0n) is 16.3. The van der Waals surface area contributed by atoms with E-state index in [1.54, 1.807) is 6.92 Å². The highest BCUT2D eigenvalue weighted by molar-refractivity contribution is 7.18. The molecule has 0 aliphatic heterocycles. The van der Waals surface area contributed by atoms with E-state index in [4.69, 9.17) is 17.2 Å². The van der Waals surface area contributed by atoms with Crippen molar-refractivity contribution in [3.05, 3.63) is 64.0 Å². The van der Waals surface area contributed by atoms with Gasteiger partial charge in [-0.15, -0.1) is 10.2 Å². The van der Waals surface area contributed by atoms with Gasteiger partial charge in [0.2, 0.25) is 5.13 Å². The van der Waals surface area contributed by atoms with E-state index < -0.39 is 11.7 Å². The molecule has 7 N–H and O–H groups in total. The quantitative estimate of drug-likeness (QED) is 0.497. The van der Waals surface area contributed by atoms with Gasteiger partial charge in [0, 0.05) is 36.3 Å². The summed E-state index contributed by atoms with van der Waals surface area (Å²) in [6, 6.07) is 10.8. The molecule has 3 rings (SSSR count). The molecule has 0 saturated heterocycles. The van der Waals surface area contributed by atoms with Crippen molar-refractivity contribution in [3.63, 3.8) is 0 Å². The van der Waals surface area contributed by atoms with Crippen LogP contribution in [0.5, 0.6) is 0 Å². The summed E-state index contributed by atoms with van der Waals surface area (Å²) in [5.41, 5.74) is 17.8. The van der Waals surface area contributed by atoms with Gasteiger partial charge in [-0.1, -0.05) is 47.2 Å². The first kappa shape index (κ1) is 23.2.